The van der Waals surface area contributed by atoms with Crippen LogP contribution in [0.4, 0.5) is 4.39 Å². The van der Waals surface area contributed by atoms with Crippen molar-refractivity contribution in [2.45, 2.75) is 26.2 Å². The Balaban J connectivity index is 2.58. The molecule has 1 N–H and O–H groups in total. The number of halogens is 1. The van der Waals surface area contributed by atoms with Crippen molar-refractivity contribution in [3.8, 4) is 10.6 Å². The smallest absolute Gasteiger partial charge is 0.347 e. The average Bonchev–Trinajstić information content (AvgIpc) is 2.73. The van der Waals surface area contributed by atoms with E-state index in [0.29, 0.717) is 16.3 Å². The second kappa shape index (κ2) is 4.74. The number of aromatic nitrogens is 1. The van der Waals surface area contributed by atoms with E-state index in [1.807, 2.05) is 20.8 Å². The number of benzene rings is 1. The summed E-state index contributed by atoms with van der Waals surface area (Å²) in [6.45, 7) is 5.72. The molecule has 0 amide bonds. The minimum Gasteiger partial charge on any atom is -0.477 e. The molecule has 0 spiro atoms. The summed E-state index contributed by atoms with van der Waals surface area (Å²) in [7, 11) is 0. The standard InChI is InChI=1S/C14H14FNO2S/c1-14(2,3)11-10(13(17)18)19-12(16-11)8-5-4-6-9(15)7-8/h4-7H,1-3H3,(H,17,18). The molecule has 0 aliphatic heterocycles. The Morgan fingerprint density at radius 1 is 1.37 bits per heavy atom. The van der Waals surface area contributed by atoms with Gasteiger partial charge >= 0.3 is 5.97 Å². The number of hydrogen-bond acceptors (Lipinski definition) is 3. The van der Waals surface area contributed by atoms with Crippen LogP contribution in [0.3, 0.4) is 0 Å². The molecule has 0 aliphatic rings. The van der Waals surface area contributed by atoms with Gasteiger partial charge in [-0.15, -0.1) is 11.3 Å². The number of hydrogen-bond donors (Lipinski definition) is 1. The highest BCUT2D eigenvalue weighted by Gasteiger charge is 2.27. The van der Waals surface area contributed by atoms with Gasteiger partial charge in [0.1, 0.15) is 15.7 Å². The zero-order valence-electron chi connectivity index (χ0n) is 10.9. The lowest BCUT2D eigenvalue weighted by Gasteiger charge is -2.15. The summed E-state index contributed by atoms with van der Waals surface area (Å²) in [6.07, 6.45) is 0. The van der Waals surface area contributed by atoms with Gasteiger partial charge in [0.15, 0.2) is 0 Å². The first-order chi connectivity index (χ1) is 8.79. The molecule has 100 valence electrons. The number of thiazole rings is 1. The van der Waals surface area contributed by atoms with Crippen molar-refractivity contribution in [3.63, 3.8) is 0 Å². The SMILES string of the molecule is CC(C)(C)c1nc(-c2cccc(F)c2)sc1C(=O)O. The Morgan fingerprint density at radius 2 is 2.05 bits per heavy atom. The molecule has 19 heavy (non-hydrogen) atoms. The topological polar surface area (TPSA) is 50.2 Å². The van der Waals surface area contributed by atoms with Crippen LogP contribution in [-0.2, 0) is 5.41 Å². The van der Waals surface area contributed by atoms with E-state index in [-0.39, 0.29) is 16.1 Å². The Morgan fingerprint density at radius 3 is 2.53 bits per heavy atom. The first-order valence-electron chi connectivity index (χ1n) is 5.79. The third-order valence-electron chi connectivity index (χ3n) is 2.60. The van der Waals surface area contributed by atoms with Crippen molar-refractivity contribution in [1.29, 1.82) is 0 Å². The summed E-state index contributed by atoms with van der Waals surface area (Å²) in [6, 6.07) is 6.01. The zero-order valence-corrected chi connectivity index (χ0v) is 11.7. The van der Waals surface area contributed by atoms with Crippen molar-refractivity contribution in [2.75, 3.05) is 0 Å². The monoisotopic (exact) mass is 279 g/mol. The molecule has 0 unspecified atom stereocenters. The predicted molar refractivity (Wildman–Crippen MR) is 73.2 cm³/mol. The lowest BCUT2D eigenvalue weighted by molar-refractivity contribution is 0.0699. The van der Waals surface area contributed by atoms with Crippen molar-refractivity contribution in [1.82, 2.24) is 4.98 Å². The van der Waals surface area contributed by atoms with Gasteiger partial charge in [-0.1, -0.05) is 32.9 Å². The van der Waals surface area contributed by atoms with Crippen LogP contribution >= 0.6 is 11.3 Å². The lowest BCUT2D eigenvalue weighted by Crippen LogP contribution is -2.16. The molecule has 1 aromatic carbocycles. The van der Waals surface area contributed by atoms with E-state index in [9.17, 15) is 14.3 Å². The molecular weight excluding hydrogens is 265 g/mol. The third-order valence-corrected chi connectivity index (χ3v) is 3.70. The maximum absolute atomic E-state index is 13.2. The molecule has 0 bridgehead atoms. The van der Waals surface area contributed by atoms with Crippen molar-refractivity contribution < 1.29 is 14.3 Å². The Hall–Kier alpha value is -1.75. The lowest BCUT2D eigenvalue weighted by atomic mass is 9.91. The molecule has 0 aliphatic carbocycles. The molecule has 2 rings (SSSR count). The highest BCUT2D eigenvalue weighted by atomic mass is 32.1. The summed E-state index contributed by atoms with van der Waals surface area (Å²) in [5.41, 5.74) is 0.766. The van der Waals surface area contributed by atoms with Gasteiger partial charge < -0.3 is 5.11 Å². The van der Waals surface area contributed by atoms with Crippen LogP contribution in [0.5, 0.6) is 0 Å². The number of carbonyl (C=O) groups is 1. The fraction of sp³-hybridized carbons (Fsp3) is 0.286. The maximum Gasteiger partial charge on any atom is 0.347 e. The van der Waals surface area contributed by atoms with Gasteiger partial charge in [0.2, 0.25) is 0 Å². The molecule has 0 saturated carbocycles. The van der Waals surface area contributed by atoms with E-state index >= 15 is 0 Å². The highest BCUT2D eigenvalue weighted by Crippen LogP contribution is 2.34. The molecule has 2 aromatic rings. The molecule has 0 atom stereocenters. The Labute approximate surface area is 114 Å². The zero-order chi connectivity index (χ0) is 14.2. The second-order valence-corrected chi connectivity index (χ2v) is 6.26. The van der Waals surface area contributed by atoms with Gasteiger partial charge in [0.05, 0.1) is 5.69 Å². The number of carboxylic acid groups (broad SMARTS) is 1. The van der Waals surface area contributed by atoms with Crippen LogP contribution in [0.1, 0.15) is 36.1 Å². The predicted octanol–water partition coefficient (Wildman–Crippen LogP) is 3.94. The maximum atomic E-state index is 13.2. The van der Waals surface area contributed by atoms with Gasteiger partial charge in [0.25, 0.3) is 0 Å². The summed E-state index contributed by atoms with van der Waals surface area (Å²) >= 11 is 1.08. The number of nitrogens with zero attached hydrogens (tertiary/aromatic N) is 1. The molecular formula is C14H14FNO2S. The summed E-state index contributed by atoms with van der Waals surface area (Å²) in [5, 5.41) is 9.77. The number of aromatic carboxylic acids is 1. The minimum atomic E-state index is -0.995. The average molecular weight is 279 g/mol. The first-order valence-corrected chi connectivity index (χ1v) is 6.61. The molecule has 0 saturated heterocycles. The molecule has 3 nitrogen and oxygen atoms in total. The Bertz CT molecular complexity index is 629. The molecule has 5 heteroatoms. The van der Waals surface area contributed by atoms with Crippen LogP contribution in [0.25, 0.3) is 10.6 Å². The molecule has 0 radical (unpaired) electrons. The van der Waals surface area contributed by atoms with Crippen LogP contribution in [0.2, 0.25) is 0 Å². The summed E-state index contributed by atoms with van der Waals surface area (Å²) in [4.78, 5) is 15.9. The fourth-order valence-corrected chi connectivity index (χ4v) is 2.83. The summed E-state index contributed by atoms with van der Waals surface area (Å²) < 4.78 is 13.2. The molecule has 1 aromatic heterocycles. The molecule has 1 heterocycles. The minimum absolute atomic E-state index is 0.215. The van der Waals surface area contributed by atoms with Gasteiger partial charge in [-0.05, 0) is 12.1 Å². The van der Waals surface area contributed by atoms with E-state index in [0.717, 1.165) is 11.3 Å². The van der Waals surface area contributed by atoms with Gasteiger partial charge in [-0.2, -0.15) is 0 Å². The molecule has 0 fully saturated rings. The van der Waals surface area contributed by atoms with Crippen molar-refractivity contribution in [2.24, 2.45) is 0 Å². The van der Waals surface area contributed by atoms with Crippen LogP contribution < -0.4 is 0 Å². The normalized spacial score (nSPS) is 11.6. The summed E-state index contributed by atoms with van der Waals surface area (Å²) in [5.74, 6) is -1.35. The van der Waals surface area contributed by atoms with E-state index in [1.54, 1.807) is 12.1 Å². The van der Waals surface area contributed by atoms with Crippen LogP contribution in [0.15, 0.2) is 24.3 Å². The number of rotatable bonds is 2. The van der Waals surface area contributed by atoms with E-state index < -0.39 is 5.97 Å². The van der Waals surface area contributed by atoms with Crippen LogP contribution in [-0.4, -0.2) is 16.1 Å². The van der Waals surface area contributed by atoms with E-state index in [1.165, 1.54) is 12.1 Å². The van der Waals surface area contributed by atoms with Crippen LogP contribution in [0, 0.1) is 5.82 Å². The van der Waals surface area contributed by atoms with E-state index in [2.05, 4.69) is 4.98 Å². The first kappa shape index (κ1) is 13.7. The van der Waals surface area contributed by atoms with Gasteiger partial charge in [0, 0.05) is 11.0 Å². The van der Waals surface area contributed by atoms with Crippen molar-refractivity contribution in [3.05, 3.63) is 40.7 Å². The third kappa shape index (κ3) is 2.81. The Kier molecular flexibility index (Phi) is 3.41. The fourth-order valence-electron chi connectivity index (χ4n) is 1.72. The van der Waals surface area contributed by atoms with E-state index in [4.69, 9.17) is 0 Å². The second-order valence-electron chi connectivity index (χ2n) is 5.26. The quantitative estimate of drug-likeness (QED) is 0.905. The van der Waals surface area contributed by atoms with Crippen molar-refractivity contribution >= 4 is 17.3 Å². The largest absolute Gasteiger partial charge is 0.477 e. The van der Waals surface area contributed by atoms with Gasteiger partial charge in [-0.3, -0.25) is 0 Å². The van der Waals surface area contributed by atoms with Gasteiger partial charge in [-0.25, -0.2) is 14.2 Å². The number of carboxylic acids is 1. The highest BCUT2D eigenvalue weighted by molar-refractivity contribution is 7.17.